The van der Waals surface area contributed by atoms with Gasteiger partial charge in [-0.15, -0.1) is 11.6 Å². The molecule has 2 nitrogen and oxygen atoms in total. The molecule has 0 radical (unpaired) electrons. The molecular weight excluding hydrogens is 253 g/mol. The van der Waals surface area contributed by atoms with Gasteiger partial charge in [-0.3, -0.25) is 0 Å². The summed E-state index contributed by atoms with van der Waals surface area (Å²) in [5.74, 6) is 0.331. The summed E-state index contributed by atoms with van der Waals surface area (Å²) in [6, 6.07) is 1.39. The van der Waals surface area contributed by atoms with Crippen molar-refractivity contribution in [2.75, 3.05) is 0 Å². The molecule has 0 spiro atoms. The van der Waals surface area contributed by atoms with E-state index in [4.69, 9.17) is 16.3 Å². The maximum atomic E-state index is 13.0. The highest BCUT2D eigenvalue weighted by Gasteiger charge is 2.28. The average molecular weight is 272 g/mol. The van der Waals surface area contributed by atoms with Crippen molar-refractivity contribution >= 4 is 11.6 Å². The summed E-state index contributed by atoms with van der Waals surface area (Å²) in [4.78, 5) is 4.00. The zero-order valence-electron chi connectivity index (χ0n) is 10.9. The van der Waals surface area contributed by atoms with E-state index in [1.807, 2.05) is 0 Å². The lowest BCUT2D eigenvalue weighted by atomic mass is 9.76. The Kier molecular flexibility index (Phi) is 4.10. The largest absolute Gasteiger partial charge is 0.474 e. The summed E-state index contributed by atoms with van der Waals surface area (Å²) in [5, 5.41) is 0. The maximum absolute atomic E-state index is 13.0. The predicted molar refractivity (Wildman–Crippen MR) is 70.4 cm³/mol. The summed E-state index contributed by atoms with van der Waals surface area (Å²) in [6.07, 6.45) is 5.70. The van der Waals surface area contributed by atoms with Crippen LogP contribution >= 0.6 is 11.6 Å². The van der Waals surface area contributed by atoms with E-state index in [2.05, 4.69) is 18.8 Å². The summed E-state index contributed by atoms with van der Waals surface area (Å²) >= 11 is 5.78. The molecule has 0 amide bonds. The maximum Gasteiger partial charge on any atom is 0.218 e. The van der Waals surface area contributed by atoms with Gasteiger partial charge in [-0.2, -0.15) is 0 Å². The Morgan fingerprint density at radius 1 is 1.44 bits per heavy atom. The van der Waals surface area contributed by atoms with Crippen LogP contribution in [0.1, 0.15) is 45.1 Å². The van der Waals surface area contributed by atoms with Crippen molar-refractivity contribution in [1.29, 1.82) is 0 Å². The molecule has 1 saturated carbocycles. The van der Waals surface area contributed by atoms with Gasteiger partial charge in [0.25, 0.3) is 0 Å². The molecule has 0 aliphatic heterocycles. The molecule has 0 N–H and O–H groups in total. The minimum atomic E-state index is -0.372. The summed E-state index contributed by atoms with van der Waals surface area (Å²) in [5.41, 5.74) is 1.03. The van der Waals surface area contributed by atoms with Crippen LogP contribution in [0.5, 0.6) is 5.88 Å². The molecule has 0 aromatic carbocycles. The van der Waals surface area contributed by atoms with E-state index in [0.29, 0.717) is 16.9 Å². The fourth-order valence-corrected chi connectivity index (χ4v) is 2.51. The zero-order valence-corrected chi connectivity index (χ0v) is 11.6. The Bertz CT molecular complexity index is 412. The van der Waals surface area contributed by atoms with Gasteiger partial charge >= 0.3 is 0 Å². The number of ether oxygens (including phenoxy) is 1. The smallest absolute Gasteiger partial charge is 0.218 e. The van der Waals surface area contributed by atoms with Crippen LogP contribution < -0.4 is 4.74 Å². The van der Waals surface area contributed by atoms with Gasteiger partial charge in [0.15, 0.2) is 0 Å². The monoisotopic (exact) mass is 271 g/mol. The number of hydrogen-bond donors (Lipinski definition) is 0. The molecule has 1 aliphatic carbocycles. The second kappa shape index (κ2) is 5.43. The van der Waals surface area contributed by atoms with Crippen molar-refractivity contribution in [3.8, 4) is 5.88 Å². The first kappa shape index (κ1) is 13.6. The Morgan fingerprint density at radius 3 is 2.72 bits per heavy atom. The van der Waals surface area contributed by atoms with E-state index in [-0.39, 0.29) is 17.8 Å². The Balaban J connectivity index is 2.02. The van der Waals surface area contributed by atoms with Gasteiger partial charge in [-0.25, -0.2) is 9.37 Å². The second-order valence-electron chi connectivity index (χ2n) is 5.73. The average Bonchev–Trinajstić information content (AvgIpc) is 2.34. The van der Waals surface area contributed by atoms with E-state index >= 15 is 0 Å². The van der Waals surface area contributed by atoms with Crippen molar-refractivity contribution in [3.63, 3.8) is 0 Å². The first-order valence-corrected chi connectivity index (χ1v) is 6.91. The highest BCUT2D eigenvalue weighted by molar-refractivity contribution is 6.17. The third-order valence-electron chi connectivity index (χ3n) is 3.60. The molecule has 0 saturated heterocycles. The van der Waals surface area contributed by atoms with E-state index < -0.39 is 0 Å². The van der Waals surface area contributed by atoms with Crippen LogP contribution in [0.3, 0.4) is 0 Å². The number of hydrogen-bond acceptors (Lipinski definition) is 2. The Hall–Kier alpha value is -0.830. The van der Waals surface area contributed by atoms with Crippen LogP contribution in [-0.4, -0.2) is 11.1 Å². The van der Waals surface area contributed by atoms with Crippen LogP contribution in [-0.2, 0) is 5.88 Å². The van der Waals surface area contributed by atoms with Crippen molar-refractivity contribution in [1.82, 2.24) is 4.98 Å². The quantitative estimate of drug-likeness (QED) is 0.765. The lowest BCUT2D eigenvalue weighted by Gasteiger charge is -2.34. The molecular formula is C14H19ClFNO. The third-order valence-corrected chi connectivity index (χ3v) is 3.89. The normalized spacial score (nSPS) is 19.8. The van der Waals surface area contributed by atoms with E-state index in [1.165, 1.54) is 12.3 Å². The molecule has 0 unspecified atom stereocenters. The molecule has 18 heavy (non-hydrogen) atoms. The minimum absolute atomic E-state index is 0.179. The minimum Gasteiger partial charge on any atom is -0.474 e. The SMILES string of the molecule is CC1(C)CCC(Oc2ncc(F)cc2CCl)CC1. The predicted octanol–water partition coefficient (Wildman–Crippen LogP) is 4.31. The number of alkyl halides is 1. The molecule has 0 atom stereocenters. The molecule has 0 bridgehead atoms. The molecule has 1 aliphatic rings. The lowest BCUT2D eigenvalue weighted by Crippen LogP contribution is -2.28. The van der Waals surface area contributed by atoms with Gasteiger partial charge in [0.1, 0.15) is 11.9 Å². The molecule has 100 valence electrons. The highest BCUT2D eigenvalue weighted by atomic mass is 35.5. The number of pyridine rings is 1. The lowest BCUT2D eigenvalue weighted by molar-refractivity contribution is 0.0940. The van der Waals surface area contributed by atoms with E-state index in [9.17, 15) is 4.39 Å². The van der Waals surface area contributed by atoms with Gasteiger partial charge in [-0.05, 0) is 37.2 Å². The zero-order chi connectivity index (χ0) is 13.2. The Morgan fingerprint density at radius 2 is 2.11 bits per heavy atom. The number of aromatic nitrogens is 1. The third kappa shape index (κ3) is 3.35. The molecule has 1 aromatic heterocycles. The van der Waals surface area contributed by atoms with Crippen LogP contribution in [0.25, 0.3) is 0 Å². The van der Waals surface area contributed by atoms with Crippen molar-refractivity contribution in [3.05, 3.63) is 23.6 Å². The van der Waals surface area contributed by atoms with Gasteiger partial charge in [-0.1, -0.05) is 13.8 Å². The number of halogens is 2. The number of rotatable bonds is 3. The van der Waals surface area contributed by atoms with Gasteiger partial charge < -0.3 is 4.74 Å². The second-order valence-corrected chi connectivity index (χ2v) is 6.00. The van der Waals surface area contributed by atoms with E-state index in [1.54, 1.807) is 0 Å². The fraction of sp³-hybridized carbons (Fsp3) is 0.643. The summed E-state index contributed by atoms with van der Waals surface area (Å²) in [7, 11) is 0. The highest BCUT2D eigenvalue weighted by Crippen LogP contribution is 2.36. The molecule has 1 fully saturated rings. The standard InChI is InChI=1S/C14H19ClFNO/c1-14(2)5-3-12(4-6-14)18-13-10(8-15)7-11(16)9-17-13/h7,9,12H,3-6,8H2,1-2H3. The number of nitrogens with zero attached hydrogens (tertiary/aromatic N) is 1. The van der Waals surface area contributed by atoms with Gasteiger partial charge in [0, 0.05) is 5.56 Å². The molecule has 1 heterocycles. The fourth-order valence-electron chi connectivity index (χ4n) is 2.32. The van der Waals surface area contributed by atoms with Crippen molar-refractivity contribution in [2.24, 2.45) is 5.41 Å². The first-order valence-electron chi connectivity index (χ1n) is 6.37. The van der Waals surface area contributed by atoms with Gasteiger partial charge in [0.2, 0.25) is 5.88 Å². The van der Waals surface area contributed by atoms with Crippen LogP contribution in [0.2, 0.25) is 0 Å². The molecule has 4 heteroatoms. The van der Waals surface area contributed by atoms with Crippen LogP contribution in [0.15, 0.2) is 12.3 Å². The molecule has 1 aromatic rings. The van der Waals surface area contributed by atoms with Crippen molar-refractivity contribution in [2.45, 2.75) is 51.5 Å². The van der Waals surface area contributed by atoms with Gasteiger partial charge in [0.05, 0.1) is 12.1 Å². The van der Waals surface area contributed by atoms with Crippen LogP contribution in [0.4, 0.5) is 4.39 Å². The summed E-state index contributed by atoms with van der Waals surface area (Å²) < 4.78 is 18.9. The van der Waals surface area contributed by atoms with E-state index in [0.717, 1.165) is 25.7 Å². The van der Waals surface area contributed by atoms with Crippen molar-refractivity contribution < 1.29 is 9.13 Å². The van der Waals surface area contributed by atoms with Crippen LogP contribution in [0, 0.1) is 11.2 Å². The first-order chi connectivity index (χ1) is 8.50. The Labute approximate surface area is 113 Å². The molecule has 2 rings (SSSR count). The summed E-state index contributed by atoms with van der Waals surface area (Å²) in [6.45, 7) is 4.56. The topological polar surface area (TPSA) is 22.1 Å².